The molecule has 1 fully saturated rings. The van der Waals surface area contributed by atoms with Crippen LogP contribution in [0.15, 0.2) is 12.1 Å². The average Bonchev–Trinajstić information content (AvgIpc) is 2.76. The molecule has 8 heteroatoms. The summed E-state index contributed by atoms with van der Waals surface area (Å²) >= 11 is 0. The lowest BCUT2D eigenvalue weighted by Gasteiger charge is -2.37. The van der Waals surface area contributed by atoms with Crippen LogP contribution in [0.25, 0.3) is 0 Å². The Kier molecular flexibility index (Phi) is 9.87. The first-order valence-electron chi connectivity index (χ1n) is 10.9. The Bertz CT molecular complexity index is 686. The van der Waals surface area contributed by atoms with Gasteiger partial charge in [-0.1, -0.05) is 20.8 Å². The molecule has 1 aromatic rings. The summed E-state index contributed by atoms with van der Waals surface area (Å²) in [6, 6.07) is 3.37. The molecule has 1 saturated heterocycles. The van der Waals surface area contributed by atoms with Crippen LogP contribution >= 0.6 is 0 Å². The number of β-amino-alcohol motifs (C(OH)–C–C–N with tert-alkyl or cyclic N) is 1. The molecule has 1 heterocycles. The Morgan fingerprint density at radius 3 is 2.39 bits per heavy atom. The van der Waals surface area contributed by atoms with Gasteiger partial charge < -0.3 is 29.0 Å². The number of carbonyl (C=O) groups is 1. The molecule has 1 aliphatic rings. The molecule has 1 aromatic carbocycles. The third-order valence-electron chi connectivity index (χ3n) is 5.37. The van der Waals surface area contributed by atoms with Crippen LogP contribution in [0, 0.1) is 5.92 Å². The number of carbonyl (C=O) groups excluding carboxylic acids is 1. The van der Waals surface area contributed by atoms with E-state index in [1.807, 2.05) is 11.8 Å². The number of nitrogens with zero attached hydrogens (tertiary/aromatic N) is 2. The zero-order valence-corrected chi connectivity index (χ0v) is 19.7. The van der Waals surface area contributed by atoms with Gasteiger partial charge in [0.2, 0.25) is 5.75 Å². The largest absolute Gasteiger partial charge is 0.493 e. The maximum absolute atomic E-state index is 13.5. The van der Waals surface area contributed by atoms with Crippen LogP contribution in [0.5, 0.6) is 17.2 Å². The standard InChI is InChI=1S/C23H38N2O6/c1-7-18(26)13-24-8-9-31-19(14-24)15-25(12-16(2)3)23(27)17-10-20(28-4)22(30-6)21(11-17)29-5/h10-11,16,18-19,26H,7-9,12-15H2,1-6H3/t18-,19-/m1/s1. The predicted molar refractivity (Wildman–Crippen MR) is 119 cm³/mol. The van der Waals surface area contributed by atoms with Crippen molar-refractivity contribution in [2.75, 3.05) is 60.7 Å². The Balaban J connectivity index is 2.21. The lowest BCUT2D eigenvalue weighted by Crippen LogP contribution is -2.50. The monoisotopic (exact) mass is 438 g/mol. The minimum Gasteiger partial charge on any atom is -0.493 e. The highest BCUT2D eigenvalue weighted by molar-refractivity contribution is 5.95. The molecular weight excluding hydrogens is 400 g/mol. The molecule has 0 spiro atoms. The number of hydrogen-bond donors (Lipinski definition) is 1. The Morgan fingerprint density at radius 2 is 1.87 bits per heavy atom. The zero-order valence-electron chi connectivity index (χ0n) is 19.7. The molecule has 0 radical (unpaired) electrons. The van der Waals surface area contributed by atoms with Gasteiger partial charge in [-0.05, 0) is 24.5 Å². The van der Waals surface area contributed by atoms with Crippen LogP contribution in [0.1, 0.15) is 37.6 Å². The molecule has 1 N–H and O–H groups in total. The fraction of sp³-hybridized carbons (Fsp3) is 0.696. The quantitative estimate of drug-likeness (QED) is 0.568. The maximum Gasteiger partial charge on any atom is 0.254 e. The van der Waals surface area contributed by atoms with Crippen molar-refractivity contribution in [1.29, 1.82) is 0 Å². The third kappa shape index (κ3) is 6.98. The van der Waals surface area contributed by atoms with Gasteiger partial charge >= 0.3 is 0 Å². The van der Waals surface area contributed by atoms with Crippen molar-refractivity contribution in [3.63, 3.8) is 0 Å². The summed E-state index contributed by atoms with van der Waals surface area (Å²) in [6.45, 7) is 9.92. The van der Waals surface area contributed by atoms with Gasteiger partial charge in [-0.15, -0.1) is 0 Å². The van der Waals surface area contributed by atoms with E-state index in [1.165, 1.54) is 21.3 Å². The fourth-order valence-electron chi connectivity index (χ4n) is 3.80. The van der Waals surface area contributed by atoms with E-state index in [9.17, 15) is 9.90 Å². The molecule has 0 unspecified atom stereocenters. The highest BCUT2D eigenvalue weighted by Gasteiger charge is 2.28. The molecule has 0 saturated carbocycles. The number of amides is 1. The van der Waals surface area contributed by atoms with Gasteiger partial charge in [-0.25, -0.2) is 0 Å². The van der Waals surface area contributed by atoms with Crippen molar-refractivity contribution < 1.29 is 28.8 Å². The summed E-state index contributed by atoms with van der Waals surface area (Å²) in [4.78, 5) is 17.5. The Labute approximate surface area is 186 Å². The maximum atomic E-state index is 13.5. The van der Waals surface area contributed by atoms with E-state index in [-0.39, 0.29) is 18.1 Å². The van der Waals surface area contributed by atoms with Crippen LogP contribution in [0.4, 0.5) is 0 Å². The van der Waals surface area contributed by atoms with Gasteiger partial charge in [-0.2, -0.15) is 0 Å². The van der Waals surface area contributed by atoms with Crippen molar-refractivity contribution in [2.45, 2.75) is 39.4 Å². The number of rotatable bonds is 11. The van der Waals surface area contributed by atoms with Crippen LogP contribution < -0.4 is 14.2 Å². The first-order valence-corrected chi connectivity index (χ1v) is 10.9. The molecule has 1 aliphatic heterocycles. The van der Waals surface area contributed by atoms with E-state index in [0.29, 0.717) is 61.5 Å². The molecule has 1 amide bonds. The number of ether oxygens (including phenoxy) is 4. The summed E-state index contributed by atoms with van der Waals surface area (Å²) in [5, 5.41) is 9.99. The van der Waals surface area contributed by atoms with Gasteiger partial charge in [0.1, 0.15) is 0 Å². The summed E-state index contributed by atoms with van der Waals surface area (Å²) in [7, 11) is 4.60. The second-order valence-electron chi connectivity index (χ2n) is 8.33. The van der Waals surface area contributed by atoms with E-state index in [2.05, 4.69) is 18.7 Å². The molecule has 2 atom stereocenters. The SMILES string of the molecule is CC[C@@H](O)CN1CCO[C@@H](CN(CC(C)C)C(=O)c2cc(OC)c(OC)c(OC)c2)C1. The smallest absolute Gasteiger partial charge is 0.254 e. The molecule has 31 heavy (non-hydrogen) atoms. The van der Waals surface area contributed by atoms with E-state index in [4.69, 9.17) is 18.9 Å². The second kappa shape index (κ2) is 12.1. The summed E-state index contributed by atoms with van der Waals surface area (Å²) in [5.41, 5.74) is 0.476. The second-order valence-corrected chi connectivity index (χ2v) is 8.33. The molecule has 2 rings (SSSR count). The van der Waals surface area contributed by atoms with Crippen molar-refractivity contribution in [1.82, 2.24) is 9.80 Å². The van der Waals surface area contributed by atoms with Gasteiger partial charge in [0.05, 0.1) is 40.1 Å². The number of benzene rings is 1. The summed E-state index contributed by atoms with van der Waals surface area (Å²) in [6.07, 6.45) is 0.273. The number of morpholine rings is 1. The predicted octanol–water partition coefficient (Wildman–Crippen LogP) is 2.28. The highest BCUT2D eigenvalue weighted by atomic mass is 16.5. The van der Waals surface area contributed by atoms with E-state index in [1.54, 1.807) is 12.1 Å². The zero-order chi connectivity index (χ0) is 23.0. The van der Waals surface area contributed by atoms with Crippen molar-refractivity contribution in [3.05, 3.63) is 17.7 Å². The van der Waals surface area contributed by atoms with Crippen molar-refractivity contribution >= 4 is 5.91 Å². The molecule has 0 aliphatic carbocycles. The van der Waals surface area contributed by atoms with Crippen molar-refractivity contribution in [2.24, 2.45) is 5.92 Å². The molecule has 176 valence electrons. The molecular formula is C23H38N2O6. The van der Waals surface area contributed by atoms with Gasteiger partial charge in [0.25, 0.3) is 5.91 Å². The number of hydrogen-bond acceptors (Lipinski definition) is 7. The Hall–Kier alpha value is -2.03. The van der Waals surface area contributed by atoms with Gasteiger partial charge in [0, 0.05) is 38.3 Å². The first-order chi connectivity index (χ1) is 14.8. The number of aliphatic hydroxyl groups excluding tert-OH is 1. The van der Waals surface area contributed by atoms with Crippen LogP contribution in [0.2, 0.25) is 0 Å². The summed E-state index contributed by atoms with van der Waals surface area (Å²) < 4.78 is 22.2. The first kappa shape index (κ1) is 25.2. The topological polar surface area (TPSA) is 80.7 Å². The van der Waals surface area contributed by atoms with Gasteiger partial charge in [-0.3, -0.25) is 9.69 Å². The minimum atomic E-state index is -0.341. The van der Waals surface area contributed by atoms with Crippen LogP contribution in [0.3, 0.4) is 0 Å². The van der Waals surface area contributed by atoms with Gasteiger partial charge in [0.15, 0.2) is 11.5 Å². The average molecular weight is 439 g/mol. The summed E-state index contributed by atoms with van der Waals surface area (Å²) in [5.74, 6) is 1.54. The number of aliphatic hydroxyl groups is 1. The lowest BCUT2D eigenvalue weighted by molar-refractivity contribution is -0.0513. The van der Waals surface area contributed by atoms with E-state index in [0.717, 1.165) is 13.0 Å². The molecule has 0 aromatic heterocycles. The number of methoxy groups -OCH3 is 3. The minimum absolute atomic E-state index is 0.109. The van der Waals surface area contributed by atoms with E-state index < -0.39 is 0 Å². The van der Waals surface area contributed by atoms with E-state index >= 15 is 0 Å². The molecule has 8 nitrogen and oxygen atoms in total. The lowest BCUT2D eigenvalue weighted by atomic mass is 10.1. The highest BCUT2D eigenvalue weighted by Crippen LogP contribution is 2.38. The van der Waals surface area contributed by atoms with Crippen LogP contribution in [-0.4, -0.2) is 93.7 Å². The molecule has 0 bridgehead atoms. The fourth-order valence-corrected chi connectivity index (χ4v) is 3.80. The van der Waals surface area contributed by atoms with Crippen molar-refractivity contribution in [3.8, 4) is 17.2 Å². The third-order valence-corrected chi connectivity index (χ3v) is 5.37. The van der Waals surface area contributed by atoms with Crippen LogP contribution in [-0.2, 0) is 4.74 Å². The normalized spacial score (nSPS) is 18.0. The Morgan fingerprint density at radius 1 is 1.23 bits per heavy atom.